The maximum Gasteiger partial charge on any atom is 0.159 e. The lowest BCUT2D eigenvalue weighted by Crippen LogP contribution is -2.18. The second-order valence-electron chi connectivity index (χ2n) is 4.44. The Morgan fingerprint density at radius 1 is 1.32 bits per heavy atom. The van der Waals surface area contributed by atoms with Gasteiger partial charge in [-0.2, -0.15) is 0 Å². The molecule has 1 aromatic heterocycles. The van der Waals surface area contributed by atoms with Crippen molar-refractivity contribution in [3.05, 3.63) is 59.5 Å². The number of halogens is 1. The van der Waals surface area contributed by atoms with Gasteiger partial charge in [-0.05, 0) is 36.8 Å². The Morgan fingerprint density at radius 2 is 2.11 bits per heavy atom. The lowest BCUT2D eigenvalue weighted by molar-refractivity contribution is 0.101. The van der Waals surface area contributed by atoms with E-state index >= 15 is 0 Å². The Hall–Kier alpha value is -2.23. The van der Waals surface area contributed by atoms with E-state index in [-0.39, 0.29) is 11.6 Å². The zero-order valence-corrected chi connectivity index (χ0v) is 10.9. The van der Waals surface area contributed by atoms with E-state index in [1.807, 2.05) is 18.0 Å². The van der Waals surface area contributed by atoms with Crippen LogP contribution in [0.3, 0.4) is 0 Å². The molecule has 0 radical (unpaired) electrons. The molecule has 2 aromatic rings. The third-order valence-electron chi connectivity index (χ3n) is 2.85. The Labute approximate surface area is 111 Å². The fraction of sp³-hybridized carbons (Fsp3) is 0.200. The van der Waals surface area contributed by atoms with Crippen molar-refractivity contribution in [2.24, 2.45) is 0 Å². The zero-order valence-electron chi connectivity index (χ0n) is 10.9. The Kier molecular flexibility index (Phi) is 3.90. The molecule has 0 atom stereocenters. The number of nitrogens with zero attached hydrogens (tertiary/aromatic N) is 2. The molecule has 4 heteroatoms. The average molecular weight is 258 g/mol. The number of carbonyl (C=O) groups excluding carboxylic acids is 1. The van der Waals surface area contributed by atoms with Gasteiger partial charge in [0, 0.05) is 25.4 Å². The quantitative estimate of drug-likeness (QED) is 0.790. The van der Waals surface area contributed by atoms with E-state index in [1.165, 1.54) is 19.1 Å². The molecule has 0 saturated heterocycles. The van der Waals surface area contributed by atoms with E-state index in [1.54, 1.807) is 24.4 Å². The summed E-state index contributed by atoms with van der Waals surface area (Å²) in [5, 5.41) is 0. The van der Waals surface area contributed by atoms with Crippen LogP contribution in [0.2, 0.25) is 0 Å². The number of hydrogen-bond donors (Lipinski definition) is 0. The van der Waals surface area contributed by atoms with Crippen LogP contribution >= 0.6 is 0 Å². The highest BCUT2D eigenvalue weighted by atomic mass is 19.1. The summed E-state index contributed by atoms with van der Waals surface area (Å²) in [4.78, 5) is 17.4. The fourth-order valence-electron chi connectivity index (χ4n) is 1.84. The molecule has 2 rings (SSSR count). The fourth-order valence-corrected chi connectivity index (χ4v) is 1.84. The van der Waals surface area contributed by atoms with Crippen molar-refractivity contribution in [1.29, 1.82) is 0 Å². The second-order valence-corrected chi connectivity index (χ2v) is 4.44. The van der Waals surface area contributed by atoms with Gasteiger partial charge >= 0.3 is 0 Å². The molecule has 0 N–H and O–H groups in total. The van der Waals surface area contributed by atoms with E-state index in [2.05, 4.69) is 4.98 Å². The summed E-state index contributed by atoms with van der Waals surface area (Å²) in [5.41, 5.74) is 1.48. The molecular weight excluding hydrogens is 243 g/mol. The second kappa shape index (κ2) is 5.61. The summed E-state index contributed by atoms with van der Waals surface area (Å²) in [6, 6.07) is 9.86. The van der Waals surface area contributed by atoms with Crippen LogP contribution in [0.25, 0.3) is 0 Å². The average Bonchev–Trinajstić information content (AvgIpc) is 2.39. The molecule has 0 fully saturated rings. The number of rotatable bonds is 4. The number of carbonyl (C=O) groups is 1. The lowest BCUT2D eigenvalue weighted by atomic mass is 10.2. The largest absolute Gasteiger partial charge is 0.355 e. The van der Waals surface area contributed by atoms with Gasteiger partial charge < -0.3 is 4.90 Å². The number of anilines is 1. The standard InChI is InChI=1S/C15H15FN2O/c1-11(19)13-6-7-17-15(9-13)18(2)10-12-4-3-5-14(16)8-12/h3-9H,10H2,1-2H3. The summed E-state index contributed by atoms with van der Waals surface area (Å²) in [5.74, 6) is 0.441. The minimum atomic E-state index is -0.253. The predicted octanol–water partition coefficient (Wildman–Crippen LogP) is 3.06. The van der Waals surface area contributed by atoms with Crippen molar-refractivity contribution < 1.29 is 9.18 Å². The van der Waals surface area contributed by atoms with Crippen molar-refractivity contribution in [2.75, 3.05) is 11.9 Å². The van der Waals surface area contributed by atoms with E-state index in [0.717, 1.165) is 5.56 Å². The Bertz CT molecular complexity index is 598. The van der Waals surface area contributed by atoms with Gasteiger partial charge in [0.25, 0.3) is 0 Å². The van der Waals surface area contributed by atoms with Crippen molar-refractivity contribution in [1.82, 2.24) is 4.98 Å². The van der Waals surface area contributed by atoms with Crippen LogP contribution in [0.5, 0.6) is 0 Å². The highest BCUT2D eigenvalue weighted by Gasteiger charge is 2.07. The van der Waals surface area contributed by atoms with Crippen LogP contribution < -0.4 is 4.90 Å². The van der Waals surface area contributed by atoms with Gasteiger partial charge in [0.05, 0.1) is 0 Å². The van der Waals surface area contributed by atoms with Gasteiger partial charge in [-0.3, -0.25) is 4.79 Å². The Balaban J connectivity index is 2.18. The van der Waals surface area contributed by atoms with Crippen LogP contribution in [-0.2, 0) is 6.54 Å². The number of hydrogen-bond acceptors (Lipinski definition) is 3. The van der Waals surface area contributed by atoms with E-state index in [0.29, 0.717) is 17.9 Å². The first-order valence-electron chi connectivity index (χ1n) is 5.99. The maximum absolute atomic E-state index is 13.1. The number of pyridine rings is 1. The minimum Gasteiger partial charge on any atom is -0.355 e. The monoisotopic (exact) mass is 258 g/mol. The molecular formula is C15H15FN2O. The van der Waals surface area contributed by atoms with E-state index in [4.69, 9.17) is 0 Å². The number of Topliss-reactive ketones (excluding diaryl/α,β-unsaturated/α-hetero) is 1. The molecule has 19 heavy (non-hydrogen) atoms. The van der Waals surface area contributed by atoms with Gasteiger partial charge in [-0.1, -0.05) is 12.1 Å². The molecule has 3 nitrogen and oxygen atoms in total. The first-order chi connectivity index (χ1) is 9.06. The third-order valence-corrected chi connectivity index (χ3v) is 2.85. The first kappa shape index (κ1) is 13.2. The van der Waals surface area contributed by atoms with E-state index in [9.17, 15) is 9.18 Å². The number of benzene rings is 1. The van der Waals surface area contributed by atoms with Gasteiger partial charge in [0.1, 0.15) is 11.6 Å². The van der Waals surface area contributed by atoms with Crippen LogP contribution in [0, 0.1) is 5.82 Å². The van der Waals surface area contributed by atoms with Crippen molar-refractivity contribution in [3.8, 4) is 0 Å². The van der Waals surface area contributed by atoms with Crippen molar-refractivity contribution in [3.63, 3.8) is 0 Å². The van der Waals surface area contributed by atoms with Gasteiger partial charge in [0.2, 0.25) is 0 Å². The molecule has 0 bridgehead atoms. The summed E-state index contributed by atoms with van der Waals surface area (Å²) >= 11 is 0. The maximum atomic E-state index is 13.1. The molecule has 1 aromatic carbocycles. The molecule has 0 saturated carbocycles. The molecule has 0 unspecified atom stereocenters. The molecule has 0 amide bonds. The molecule has 0 aliphatic heterocycles. The summed E-state index contributed by atoms with van der Waals surface area (Å²) in [6.45, 7) is 2.05. The molecule has 1 heterocycles. The van der Waals surface area contributed by atoms with E-state index < -0.39 is 0 Å². The number of aromatic nitrogens is 1. The smallest absolute Gasteiger partial charge is 0.159 e. The van der Waals surface area contributed by atoms with Crippen LogP contribution in [0.4, 0.5) is 10.2 Å². The molecule has 0 aliphatic rings. The van der Waals surface area contributed by atoms with Crippen LogP contribution in [0.1, 0.15) is 22.8 Å². The highest BCUT2D eigenvalue weighted by molar-refractivity contribution is 5.94. The summed E-state index contributed by atoms with van der Waals surface area (Å²) < 4.78 is 13.1. The highest BCUT2D eigenvalue weighted by Crippen LogP contribution is 2.15. The predicted molar refractivity (Wildman–Crippen MR) is 72.7 cm³/mol. The first-order valence-corrected chi connectivity index (χ1v) is 5.99. The minimum absolute atomic E-state index is 0.00260. The molecule has 98 valence electrons. The SMILES string of the molecule is CC(=O)c1ccnc(N(C)Cc2cccc(F)c2)c1. The topological polar surface area (TPSA) is 33.2 Å². The summed E-state index contributed by atoms with van der Waals surface area (Å²) in [7, 11) is 1.86. The van der Waals surface area contributed by atoms with Gasteiger partial charge in [-0.25, -0.2) is 9.37 Å². The Morgan fingerprint density at radius 3 is 2.79 bits per heavy atom. The van der Waals surface area contributed by atoms with Crippen LogP contribution in [-0.4, -0.2) is 17.8 Å². The lowest BCUT2D eigenvalue weighted by Gasteiger charge is -2.18. The normalized spacial score (nSPS) is 10.3. The van der Waals surface area contributed by atoms with Crippen LogP contribution in [0.15, 0.2) is 42.6 Å². The molecule has 0 aliphatic carbocycles. The van der Waals surface area contributed by atoms with Gasteiger partial charge in [0.15, 0.2) is 5.78 Å². The van der Waals surface area contributed by atoms with Gasteiger partial charge in [-0.15, -0.1) is 0 Å². The number of ketones is 1. The zero-order chi connectivity index (χ0) is 13.8. The third kappa shape index (κ3) is 3.37. The molecule has 0 spiro atoms. The van der Waals surface area contributed by atoms with Crippen molar-refractivity contribution in [2.45, 2.75) is 13.5 Å². The summed E-state index contributed by atoms with van der Waals surface area (Å²) in [6.07, 6.45) is 1.61. The van der Waals surface area contributed by atoms with Crippen molar-refractivity contribution >= 4 is 11.6 Å².